The Kier molecular flexibility index (Phi) is 10.3. The third-order valence-electron chi connectivity index (χ3n) is 7.14. The second-order valence-electron chi connectivity index (χ2n) is 12.0. The lowest BCUT2D eigenvalue weighted by molar-refractivity contribution is -0.120. The summed E-state index contributed by atoms with van der Waals surface area (Å²) in [6, 6.07) is 20.8. The molecule has 0 heterocycles. The molecule has 0 aromatic heterocycles. The fourth-order valence-electron chi connectivity index (χ4n) is 4.72. The molecule has 8 heteroatoms. The lowest BCUT2D eigenvalue weighted by atomic mass is 9.71. The van der Waals surface area contributed by atoms with Gasteiger partial charge in [-0.15, -0.1) is 0 Å². The summed E-state index contributed by atoms with van der Waals surface area (Å²) in [5.74, 6) is -0.146. The van der Waals surface area contributed by atoms with Crippen LogP contribution < -0.4 is 21.3 Å². The lowest BCUT2D eigenvalue weighted by Crippen LogP contribution is -2.56. The number of para-hydroxylation sites is 1. The zero-order valence-electron chi connectivity index (χ0n) is 24.8. The Morgan fingerprint density at radius 3 is 2.20 bits per heavy atom. The van der Waals surface area contributed by atoms with Crippen molar-refractivity contribution in [2.24, 2.45) is 11.3 Å². The summed E-state index contributed by atoms with van der Waals surface area (Å²) in [5, 5.41) is 19.9. The van der Waals surface area contributed by atoms with Gasteiger partial charge in [0.15, 0.2) is 0 Å². The average Bonchev–Trinajstić information content (AvgIpc) is 2.92. The smallest absolute Gasteiger partial charge is 0.315 e. The van der Waals surface area contributed by atoms with Crippen molar-refractivity contribution in [3.05, 3.63) is 89.7 Å². The summed E-state index contributed by atoms with van der Waals surface area (Å²) in [4.78, 5) is 25.7. The normalized spacial score (nSPS) is 12.4. The monoisotopic (exact) mass is 559 g/mol. The number of carbonyl (C=O) groups excluding carboxylic acids is 2. The fraction of sp³-hybridized carbons (Fsp3) is 0.364. The second kappa shape index (κ2) is 13.4. The first-order chi connectivity index (χ1) is 19.3. The SMILES string of the molecule is CC(C)CC(c1ccc(Nc2ccc(F)cc2)c(C=N)c1)C(C)(C)CNC(=O)NC(C)(C)C(=O)Nc1ccccc1. The molecule has 0 fully saturated rings. The Morgan fingerprint density at radius 2 is 1.59 bits per heavy atom. The van der Waals surface area contributed by atoms with Crippen LogP contribution in [-0.2, 0) is 4.79 Å². The zero-order valence-corrected chi connectivity index (χ0v) is 24.8. The number of anilines is 3. The molecule has 3 amide bonds. The predicted octanol–water partition coefficient (Wildman–Crippen LogP) is 7.44. The molecule has 0 aliphatic heterocycles. The van der Waals surface area contributed by atoms with Crippen LogP contribution >= 0.6 is 0 Å². The average molecular weight is 560 g/mol. The van der Waals surface area contributed by atoms with Gasteiger partial charge in [0.25, 0.3) is 0 Å². The molecule has 0 aliphatic rings. The van der Waals surface area contributed by atoms with Gasteiger partial charge in [-0.1, -0.05) is 52.0 Å². The van der Waals surface area contributed by atoms with E-state index in [1.165, 1.54) is 18.3 Å². The number of urea groups is 1. The van der Waals surface area contributed by atoms with E-state index in [2.05, 4.69) is 49.0 Å². The highest BCUT2D eigenvalue weighted by Gasteiger charge is 2.34. The molecule has 5 N–H and O–H groups in total. The molecule has 41 heavy (non-hydrogen) atoms. The number of carbonyl (C=O) groups is 2. The Hall–Kier alpha value is -4.20. The van der Waals surface area contributed by atoms with Gasteiger partial charge in [-0.05, 0) is 91.6 Å². The predicted molar refractivity (Wildman–Crippen MR) is 166 cm³/mol. The van der Waals surface area contributed by atoms with Crippen LogP contribution in [0.3, 0.4) is 0 Å². The van der Waals surface area contributed by atoms with Crippen molar-refractivity contribution in [3.63, 3.8) is 0 Å². The van der Waals surface area contributed by atoms with E-state index in [1.54, 1.807) is 38.1 Å². The van der Waals surface area contributed by atoms with Gasteiger partial charge in [0.05, 0.1) is 0 Å². The van der Waals surface area contributed by atoms with Gasteiger partial charge in [-0.2, -0.15) is 0 Å². The number of benzene rings is 3. The van der Waals surface area contributed by atoms with Gasteiger partial charge in [0.1, 0.15) is 11.4 Å². The molecule has 3 aromatic rings. The van der Waals surface area contributed by atoms with E-state index in [1.807, 2.05) is 36.4 Å². The largest absolute Gasteiger partial charge is 0.355 e. The minimum atomic E-state index is -1.13. The van der Waals surface area contributed by atoms with Gasteiger partial charge in [-0.3, -0.25) is 4.79 Å². The molecule has 0 saturated heterocycles. The lowest BCUT2D eigenvalue weighted by Gasteiger charge is -2.37. The number of hydrogen-bond acceptors (Lipinski definition) is 4. The van der Waals surface area contributed by atoms with E-state index in [4.69, 9.17) is 5.41 Å². The van der Waals surface area contributed by atoms with Crippen LogP contribution in [-0.4, -0.2) is 30.2 Å². The molecule has 1 unspecified atom stereocenters. The number of halogens is 1. The van der Waals surface area contributed by atoms with Crippen molar-refractivity contribution < 1.29 is 14.0 Å². The van der Waals surface area contributed by atoms with Crippen molar-refractivity contribution in [2.75, 3.05) is 17.2 Å². The summed E-state index contributed by atoms with van der Waals surface area (Å²) in [5.41, 5.74) is 2.46. The highest BCUT2D eigenvalue weighted by Crippen LogP contribution is 2.41. The summed E-state index contributed by atoms with van der Waals surface area (Å²) in [6.07, 6.45) is 2.19. The number of amides is 3. The molecule has 0 spiro atoms. The molecule has 0 saturated carbocycles. The highest BCUT2D eigenvalue weighted by atomic mass is 19.1. The first kappa shape index (κ1) is 31.3. The second-order valence-corrected chi connectivity index (χ2v) is 12.0. The van der Waals surface area contributed by atoms with Gasteiger partial charge in [0.2, 0.25) is 5.91 Å². The summed E-state index contributed by atoms with van der Waals surface area (Å²) < 4.78 is 13.3. The topological polar surface area (TPSA) is 106 Å². The van der Waals surface area contributed by atoms with Gasteiger partial charge >= 0.3 is 6.03 Å². The third-order valence-corrected chi connectivity index (χ3v) is 7.14. The van der Waals surface area contributed by atoms with Crippen LogP contribution in [0, 0.1) is 22.6 Å². The summed E-state index contributed by atoms with van der Waals surface area (Å²) in [6.45, 7) is 12.3. The van der Waals surface area contributed by atoms with Crippen LogP contribution in [0.2, 0.25) is 0 Å². The van der Waals surface area contributed by atoms with Gasteiger partial charge in [0, 0.05) is 35.4 Å². The minimum absolute atomic E-state index is 0.0794. The first-order valence-corrected chi connectivity index (χ1v) is 13.9. The number of nitrogens with one attached hydrogen (secondary N) is 5. The molecule has 0 aliphatic carbocycles. The molecule has 0 bridgehead atoms. The van der Waals surface area contributed by atoms with Crippen molar-refractivity contribution in [2.45, 2.75) is 59.4 Å². The van der Waals surface area contributed by atoms with Crippen molar-refractivity contribution in [3.8, 4) is 0 Å². The van der Waals surface area contributed by atoms with E-state index in [0.29, 0.717) is 23.7 Å². The molecule has 0 radical (unpaired) electrons. The first-order valence-electron chi connectivity index (χ1n) is 13.9. The van der Waals surface area contributed by atoms with Gasteiger partial charge < -0.3 is 26.7 Å². The van der Waals surface area contributed by atoms with Crippen molar-refractivity contribution in [1.82, 2.24) is 10.6 Å². The maximum absolute atomic E-state index is 13.3. The van der Waals surface area contributed by atoms with Crippen LogP contribution in [0.5, 0.6) is 0 Å². The van der Waals surface area contributed by atoms with Gasteiger partial charge in [-0.25, -0.2) is 9.18 Å². The van der Waals surface area contributed by atoms with Crippen LogP contribution in [0.4, 0.5) is 26.2 Å². The summed E-state index contributed by atoms with van der Waals surface area (Å²) >= 11 is 0. The van der Waals surface area contributed by atoms with Crippen molar-refractivity contribution in [1.29, 1.82) is 5.41 Å². The zero-order chi connectivity index (χ0) is 30.2. The summed E-state index contributed by atoms with van der Waals surface area (Å²) in [7, 11) is 0. The Morgan fingerprint density at radius 1 is 0.927 bits per heavy atom. The number of hydrogen-bond donors (Lipinski definition) is 5. The van der Waals surface area contributed by atoms with E-state index >= 15 is 0 Å². The molecule has 1 atom stereocenters. The molecule has 218 valence electrons. The quantitative estimate of drug-likeness (QED) is 0.149. The molecular weight excluding hydrogens is 517 g/mol. The van der Waals surface area contributed by atoms with Crippen LogP contribution in [0.15, 0.2) is 72.8 Å². The molecule has 3 rings (SSSR count). The fourth-order valence-corrected chi connectivity index (χ4v) is 4.72. The standard InChI is InChI=1S/C33H42FN5O2/c1-22(2)18-28(23-12-17-29(24(19-23)20-35)37-27-15-13-25(34)14-16-27)32(3,4)21-36-31(41)39-33(5,6)30(40)38-26-10-8-7-9-11-26/h7-17,19-20,22,28,35,37H,18,21H2,1-6H3,(H,38,40)(H2,36,39,41). The Labute approximate surface area is 242 Å². The maximum atomic E-state index is 13.3. The van der Waals surface area contributed by atoms with Crippen molar-refractivity contribution >= 4 is 35.2 Å². The molecule has 7 nitrogen and oxygen atoms in total. The maximum Gasteiger partial charge on any atom is 0.315 e. The Bertz CT molecular complexity index is 1340. The third kappa shape index (κ3) is 8.90. The molecular formula is C33H42FN5O2. The highest BCUT2D eigenvalue weighted by molar-refractivity contribution is 5.99. The van der Waals surface area contributed by atoms with Crippen LogP contribution in [0.1, 0.15) is 65.0 Å². The van der Waals surface area contributed by atoms with E-state index in [9.17, 15) is 14.0 Å². The molecule has 3 aromatic carbocycles. The van der Waals surface area contributed by atoms with E-state index < -0.39 is 11.6 Å². The van der Waals surface area contributed by atoms with E-state index in [-0.39, 0.29) is 23.1 Å². The minimum Gasteiger partial charge on any atom is -0.355 e. The number of rotatable bonds is 12. The van der Waals surface area contributed by atoms with Crippen LogP contribution in [0.25, 0.3) is 0 Å². The Balaban J connectivity index is 1.72. The van der Waals surface area contributed by atoms with E-state index in [0.717, 1.165) is 23.4 Å².